The van der Waals surface area contributed by atoms with Crippen LogP contribution in [0.15, 0.2) is 40.8 Å². The molecule has 0 amide bonds. The second kappa shape index (κ2) is 5.58. The Morgan fingerprint density at radius 3 is 2.67 bits per heavy atom. The zero-order valence-corrected chi connectivity index (χ0v) is 12.5. The summed E-state index contributed by atoms with van der Waals surface area (Å²) in [6.45, 7) is 1.82. The Kier molecular flexibility index (Phi) is 3.63. The highest BCUT2D eigenvalue weighted by Crippen LogP contribution is 2.30. The van der Waals surface area contributed by atoms with Gasteiger partial charge in [-0.15, -0.1) is 10.2 Å². The van der Waals surface area contributed by atoms with E-state index in [4.69, 9.17) is 17.3 Å². The van der Waals surface area contributed by atoms with Crippen LogP contribution in [0.3, 0.4) is 0 Å². The third-order valence-electron chi connectivity index (χ3n) is 2.72. The molecule has 0 saturated carbocycles. The van der Waals surface area contributed by atoms with E-state index in [1.54, 1.807) is 16.8 Å². The first-order chi connectivity index (χ1) is 10.1. The van der Waals surface area contributed by atoms with Gasteiger partial charge in [-0.25, -0.2) is 9.67 Å². The fourth-order valence-electron chi connectivity index (χ4n) is 1.74. The summed E-state index contributed by atoms with van der Waals surface area (Å²) in [4.78, 5) is 3.93. The maximum Gasteiger partial charge on any atom is 0.249 e. The monoisotopic (exact) mass is 319 g/mol. The van der Waals surface area contributed by atoms with Gasteiger partial charge in [0.15, 0.2) is 11.5 Å². The molecule has 9 heteroatoms. The third kappa shape index (κ3) is 2.76. The van der Waals surface area contributed by atoms with Crippen molar-refractivity contribution in [1.29, 1.82) is 0 Å². The highest BCUT2D eigenvalue weighted by molar-refractivity contribution is 7.09. The summed E-state index contributed by atoms with van der Waals surface area (Å²) in [6.07, 6.45) is 1.42. The molecule has 1 aromatic carbocycles. The number of azo groups is 1. The van der Waals surface area contributed by atoms with E-state index in [0.717, 1.165) is 17.2 Å². The molecule has 3 aromatic rings. The maximum absolute atomic E-state index is 6.09. The molecule has 21 heavy (non-hydrogen) atoms. The molecule has 0 atom stereocenters. The van der Waals surface area contributed by atoms with Gasteiger partial charge in [-0.05, 0) is 31.2 Å². The minimum absolute atomic E-state index is 0.406. The Bertz CT molecular complexity index is 777. The number of nitrogen functional groups attached to an aromatic ring is 1. The van der Waals surface area contributed by atoms with Gasteiger partial charge >= 0.3 is 0 Å². The topological polar surface area (TPSA) is 94.3 Å². The summed E-state index contributed by atoms with van der Waals surface area (Å²) in [6, 6.07) is 7.21. The van der Waals surface area contributed by atoms with E-state index in [-0.39, 0.29) is 0 Å². The van der Waals surface area contributed by atoms with Crippen LogP contribution in [0.1, 0.15) is 5.69 Å². The van der Waals surface area contributed by atoms with Crippen molar-refractivity contribution in [3.8, 4) is 5.69 Å². The van der Waals surface area contributed by atoms with E-state index < -0.39 is 0 Å². The average molecular weight is 320 g/mol. The summed E-state index contributed by atoms with van der Waals surface area (Å²) in [7, 11) is 0. The van der Waals surface area contributed by atoms with Crippen LogP contribution in [0.2, 0.25) is 5.02 Å². The van der Waals surface area contributed by atoms with Crippen molar-refractivity contribution in [1.82, 2.24) is 19.1 Å². The number of halogens is 1. The molecular weight excluding hydrogens is 310 g/mol. The predicted octanol–water partition coefficient (Wildman–Crippen LogP) is 3.68. The van der Waals surface area contributed by atoms with E-state index in [0.29, 0.717) is 27.4 Å². The lowest BCUT2D eigenvalue weighted by Gasteiger charge is -2.03. The van der Waals surface area contributed by atoms with Gasteiger partial charge in [0.1, 0.15) is 6.33 Å². The van der Waals surface area contributed by atoms with E-state index in [1.165, 1.54) is 6.33 Å². The highest BCUT2D eigenvalue weighted by atomic mass is 35.5. The van der Waals surface area contributed by atoms with Gasteiger partial charge in [-0.2, -0.15) is 9.47 Å². The van der Waals surface area contributed by atoms with Crippen LogP contribution in [0, 0.1) is 6.92 Å². The lowest BCUT2D eigenvalue weighted by atomic mass is 10.3. The molecule has 3 rings (SSSR count). The van der Waals surface area contributed by atoms with Gasteiger partial charge in [0.05, 0.1) is 11.4 Å². The molecule has 106 valence electrons. The molecule has 0 bridgehead atoms. The van der Waals surface area contributed by atoms with Gasteiger partial charge in [0.25, 0.3) is 0 Å². The van der Waals surface area contributed by atoms with Gasteiger partial charge in [-0.1, -0.05) is 11.6 Å². The molecular formula is C12H10ClN7S. The summed E-state index contributed by atoms with van der Waals surface area (Å²) in [5, 5.41) is 13.6. The fourth-order valence-corrected chi connectivity index (χ4v) is 2.23. The van der Waals surface area contributed by atoms with Gasteiger partial charge < -0.3 is 5.73 Å². The van der Waals surface area contributed by atoms with Crippen LogP contribution in [0.4, 0.5) is 16.6 Å². The van der Waals surface area contributed by atoms with Crippen molar-refractivity contribution in [2.24, 2.45) is 10.2 Å². The zero-order chi connectivity index (χ0) is 14.8. The molecule has 0 spiro atoms. The lowest BCUT2D eigenvalue weighted by molar-refractivity contribution is 0.872. The van der Waals surface area contributed by atoms with E-state index in [9.17, 15) is 0 Å². The lowest BCUT2D eigenvalue weighted by Crippen LogP contribution is -2.01. The first-order valence-electron chi connectivity index (χ1n) is 5.94. The summed E-state index contributed by atoms with van der Waals surface area (Å²) >= 11 is 7.03. The molecule has 2 N–H and O–H groups in total. The number of anilines is 1. The number of rotatable bonds is 3. The smallest absolute Gasteiger partial charge is 0.249 e. The van der Waals surface area contributed by atoms with Gasteiger partial charge in [-0.3, -0.25) is 0 Å². The van der Waals surface area contributed by atoms with Crippen LogP contribution in [0.25, 0.3) is 5.69 Å². The molecule has 0 aliphatic rings. The van der Waals surface area contributed by atoms with Crippen molar-refractivity contribution in [3.63, 3.8) is 0 Å². The normalized spacial score (nSPS) is 11.3. The highest BCUT2D eigenvalue weighted by Gasteiger charge is 2.13. The number of hydrogen-bond donors (Lipinski definition) is 1. The number of aryl methyl sites for hydroxylation is 1. The quantitative estimate of drug-likeness (QED) is 0.745. The maximum atomic E-state index is 6.09. The van der Waals surface area contributed by atoms with Crippen molar-refractivity contribution >= 4 is 39.8 Å². The Hall–Kier alpha value is -2.32. The van der Waals surface area contributed by atoms with E-state index in [1.807, 2.05) is 19.1 Å². The number of nitrogens with two attached hydrogens (primary N) is 1. The van der Waals surface area contributed by atoms with Crippen molar-refractivity contribution in [2.75, 3.05) is 5.73 Å². The Balaban J connectivity index is 1.98. The minimum Gasteiger partial charge on any atom is -0.382 e. The molecule has 0 aliphatic heterocycles. The molecule has 0 unspecified atom stereocenters. The molecule has 2 aromatic heterocycles. The van der Waals surface area contributed by atoms with Crippen LogP contribution in [-0.2, 0) is 0 Å². The standard InChI is InChI=1S/C12H10ClN7S/c1-7-10(17-18-12-15-6-16-21-12)11(14)20(19-7)9-4-2-8(13)3-5-9/h2-6H,14H2,1H3. The Morgan fingerprint density at radius 1 is 1.24 bits per heavy atom. The average Bonchev–Trinajstić information content (AvgIpc) is 3.07. The predicted molar refractivity (Wildman–Crippen MR) is 81.8 cm³/mol. The van der Waals surface area contributed by atoms with Gasteiger partial charge in [0.2, 0.25) is 5.13 Å². The van der Waals surface area contributed by atoms with Crippen molar-refractivity contribution in [3.05, 3.63) is 41.3 Å². The van der Waals surface area contributed by atoms with Crippen LogP contribution in [0.5, 0.6) is 0 Å². The first kappa shape index (κ1) is 13.7. The van der Waals surface area contributed by atoms with E-state index >= 15 is 0 Å². The molecule has 7 nitrogen and oxygen atoms in total. The van der Waals surface area contributed by atoms with Crippen LogP contribution >= 0.6 is 23.1 Å². The number of hydrogen-bond acceptors (Lipinski definition) is 7. The first-order valence-corrected chi connectivity index (χ1v) is 7.10. The third-order valence-corrected chi connectivity index (χ3v) is 3.52. The Labute approximate surface area is 129 Å². The fraction of sp³-hybridized carbons (Fsp3) is 0.0833. The molecule has 0 fully saturated rings. The van der Waals surface area contributed by atoms with Gasteiger partial charge in [0, 0.05) is 16.6 Å². The van der Waals surface area contributed by atoms with Crippen LogP contribution < -0.4 is 5.73 Å². The second-order valence-electron chi connectivity index (χ2n) is 4.13. The number of aromatic nitrogens is 4. The largest absolute Gasteiger partial charge is 0.382 e. The second-order valence-corrected chi connectivity index (χ2v) is 5.33. The summed E-state index contributed by atoms with van der Waals surface area (Å²) < 4.78 is 5.45. The number of benzene rings is 1. The summed E-state index contributed by atoms with van der Waals surface area (Å²) in [5.41, 5.74) is 8.09. The summed E-state index contributed by atoms with van der Waals surface area (Å²) in [5.74, 6) is 0.406. The van der Waals surface area contributed by atoms with Crippen molar-refractivity contribution < 1.29 is 0 Å². The van der Waals surface area contributed by atoms with Crippen LogP contribution in [-0.4, -0.2) is 19.1 Å². The molecule has 0 radical (unpaired) electrons. The minimum atomic E-state index is 0.406. The SMILES string of the molecule is Cc1nn(-c2ccc(Cl)cc2)c(N)c1N=Nc1ncns1. The molecule has 2 heterocycles. The van der Waals surface area contributed by atoms with E-state index in [2.05, 4.69) is 24.7 Å². The molecule has 0 aliphatic carbocycles. The molecule has 0 saturated heterocycles. The zero-order valence-electron chi connectivity index (χ0n) is 10.9. The number of nitrogens with zero attached hydrogens (tertiary/aromatic N) is 6. The Morgan fingerprint density at radius 2 is 2.00 bits per heavy atom. The van der Waals surface area contributed by atoms with Crippen molar-refractivity contribution in [2.45, 2.75) is 6.92 Å².